The van der Waals surface area contributed by atoms with Gasteiger partial charge in [-0.05, 0) is 31.6 Å². The van der Waals surface area contributed by atoms with E-state index in [1.54, 1.807) is 0 Å². The molecule has 0 radical (unpaired) electrons. The number of carbonyl (C=O) groups is 1. The summed E-state index contributed by atoms with van der Waals surface area (Å²) in [7, 11) is 0. The standard InChI is InChI=1S/C15H27N3O2S.2ClH/c19-14(13-2-1-4-16-10-13)17-11-15(3-9-21-12-15)18-5-7-20-8-6-18;;/h13,16H,1-12H2,(H,17,19);2*1H. The Morgan fingerprint density at radius 1 is 1.35 bits per heavy atom. The third kappa shape index (κ3) is 5.38. The number of ether oxygens (including phenoxy) is 1. The lowest BCUT2D eigenvalue weighted by Gasteiger charge is -2.43. The van der Waals surface area contributed by atoms with Gasteiger partial charge < -0.3 is 15.4 Å². The molecule has 8 heteroatoms. The molecule has 0 spiro atoms. The van der Waals surface area contributed by atoms with Crippen LogP contribution in [0.1, 0.15) is 19.3 Å². The molecule has 136 valence electrons. The fourth-order valence-corrected chi connectivity index (χ4v) is 5.08. The second-order valence-corrected chi connectivity index (χ2v) is 7.49. The summed E-state index contributed by atoms with van der Waals surface area (Å²) in [6.07, 6.45) is 3.32. The number of hydrogen-bond donors (Lipinski definition) is 2. The predicted octanol–water partition coefficient (Wildman–Crippen LogP) is 1.15. The molecule has 2 atom stereocenters. The van der Waals surface area contributed by atoms with E-state index < -0.39 is 0 Å². The molecule has 23 heavy (non-hydrogen) atoms. The molecule has 2 N–H and O–H groups in total. The van der Waals surface area contributed by atoms with E-state index in [9.17, 15) is 4.79 Å². The van der Waals surface area contributed by atoms with Gasteiger partial charge in [-0.1, -0.05) is 0 Å². The number of halogens is 2. The molecule has 3 fully saturated rings. The summed E-state index contributed by atoms with van der Waals surface area (Å²) in [6, 6.07) is 0. The third-order valence-electron chi connectivity index (χ3n) is 5.02. The summed E-state index contributed by atoms with van der Waals surface area (Å²) < 4.78 is 5.48. The Kier molecular flexibility index (Phi) is 9.56. The minimum atomic E-state index is 0. The van der Waals surface area contributed by atoms with Crippen LogP contribution in [0.25, 0.3) is 0 Å². The summed E-state index contributed by atoms with van der Waals surface area (Å²) in [5, 5.41) is 6.58. The first-order valence-corrected chi connectivity index (χ1v) is 9.35. The van der Waals surface area contributed by atoms with Crippen molar-refractivity contribution in [1.29, 1.82) is 0 Å². The summed E-state index contributed by atoms with van der Waals surface area (Å²) in [4.78, 5) is 14.9. The zero-order valence-corrected chi connectivity index (χ0v) is 16.0. The van der Waals surface area contributed by atoms with Crippen LogP contribution in [0.5, 0.6) is 0 Å². The second kappa shape index (κ2) is 10.3. The van der Waals surface area contributed by atoms with E-state index in [1.165, 1.54) is 12.2 Å². The van der Waals surface area contributed by atoms with Crippen molar-refractivity contribution >= 4 is 42.5 Å². The zero-order chi connectivity index (χ0) is 14.5. The molecule has 2 unspecified atom stereocenters. The molecule has 3 heterocycles. The lowest BCUT2D eigenvalue weighted by molar-refractivity contribution is -0.126. The maximum atomic E-state index is 12.4. The highest BCUT2D eigenvalue weighted by Gasteiger charge is 2.41. The summed E-state index contributed by atoms with van der Waals surface area (Å²) in [5.41, 5.74) is 0.159. The molecule has 3 saturated heterocycles. The molecule has 0 saturated carbocycles. The maximum Gasteiger partial charge on any atom is 0.224 e. The summed E-state index contributed by atoms with van der Waals surface area (Å²) >= 11 is 2.02. The van der Waals surface area contributed by atoms with Crippen LogP contribution in [-0.2, 0) is 9.53 Å². The number of amides is 1. The molecule has 3 aliphatic heterocycles. The lowest BCUT2D eigenvalue weighted by atomic mass is 9.94. The Morgan fingerprint density at radius 3 is 2.74 bits per heavy atom. The normalized spacial score (nSPS) is 31.7. The number of thioether (sulfide) groups is 1. The molecule has 0 aromatic heterocycles. The number of rotatable bonds is 4. The highest BCUT2D eigenvalue weighted by atomic mass is 35.5. The Labute approximate surface area is 155 Å². The van der Waals surface area contributed by atoms with Gasteiger partial charge in [0.05, 0.1) is 19.1 Å². The number of piperidine rings is 1. The van der Waals surface area contributed by atoms with E-state index in [2.05, 4.69) is 15.5 Å². The van der Waals surface area contributed by atoms with E-state index in [1.807, 2.05) is 11.8 Å². The number of nitrogens with zero attached hydrogens (tertiary/aromatic N) is 1. The number of nitrogens with one attached hydrogen (secondary N) is 2. The topological polar surface area (TPSA) is 53.6 Å². The average molecular weight is 386 g/mol. The van der Waals surface area contributed by atoms with E-state index in [0.717, 1.165) is 64.5 Å². The molecule has 0 aliphatic carbocycles. The quantitative estimate of drug-likeness (QED) is 0.760. The minimum Gasteiger partial charge on any atom is -0.379 e. The van der Waals surface area contributed by atoms with Gasteiger partial charge in [-0.15, -0.1) is 24.8 Å². The molecule has 3 rings (SSSR count). The fraction of sp³-hybridized carbons (Fsp3) is 0.933. The summed E-state index contributed by atoms with van der Waals surface area (Å²) in [6.45, 7) is 6.35. The molecular formula is C15H29Cl2N3O2S. The van der Waals surface area contributed by atoms with Gasteiger partial charge in [0.25, 0.3) is 0 Å². The molecule has 0 bridgehead atoms. The Morgan fingerprint density at radius 2 is 2.13 bits per heavy atom. The van der Waals surface area contributed by atoms with Crippen molar-refractivity contribution in [3.05, 3.63) is 0 Å². The van der Waals surface area contributed by atoms with Gasteiger partial charge in [-0.2, -0.15) is 11.8 Å². The summed E-state index contributed by atoms with van der Waals surface area (Å²) in [5.74, 6) is 2.75. The highest BCUT2D eigenvalue weighted by Crippen LogP contribution is 2.33. The molecule has 5 nitrogen and oxygen atoms in total. The molecule has 1 amide bonds. The third-order valence-corrected chi connectivity index (χ3v) is 6.26. The predicted molar refractivity (Wildman–Crippen MR) is 100 cm³/mol. The molecule has 0 aromatic carbocycles. The van der Waals surface area contributed by atoms with Crippen LogP contribution in [0.2, 0.25) is 0 Å². The molecular weight excluding hydrogens is 357 g/mol. The van der Waals surface area contributed by atoms with Crippen molar-refractivity contribution in [2.45, 2.75) is 24.8 Å². The van der Waals surface area contributed by atoms with Crippen molar-refractivity contribution in [2.24, 2.45) is 5.92 Å². The van der Waals surface area contributed by atoms with Crippen molar-refractivity contribution < 1.29 is 9.53 Å². The minimum absolute atomic E-state index is 0. The van der Waals surface area contributed by atoms with E-state index in [0.29, 0.717) is 0 Å². The first kappa shape index (κ1) is 21.3. The van der Waals surface area contributed by atoms with Gasteiger partial charge in [-0.3, -0.25) is 9.69 Å². The fourth-order valence-electron chi connectivity index (χ4n) is 3.61. The van der Waals surface area contributed by atoms with E-state index in [4.69, 9.17) is 4.74 Å². The van der Waals surface area contributed by atoms with Crippen LogP contribution < -0.4 is 10.6 Å². The first-order chi connectivity index (χ1) is 10.3. The smallest absolute Gasteiger partial charge is 0.224 e. The van der Waals surface area contributed by atoms with Crippen LogP contribution in [0, 0.1) is 5.92 Å². The number of hydrogen-bond acceptors (Lipinski definition) is 5. The van der Waals surface area contributed by atoms with Crippen LogP contribution >= 0.6 is 36.6 Å². The number of morpholine rings is 1. The van der Waals surface area contributed by atoms with Gasteiger partial charge >= 0.3 is 0 Å². The van der Waals surface area contributed by atoms with Crippen LogP contribution in [-0.4, -0.2) is 73.8 Å². The van der Waals surface area contributed by atoms with Crippen molar-refractivity contribution in [2.75, 3.05) is 57.4 Å². The van der Waals surface area contributed by atoms with Gasteiger partial charge in [0, 0.05) is 37.5 Å². The Balaban J connectivity index is 0.00000132. The van der Waals surface area contributed by atoms with Crippen molar-refractivity contribution in [3.63, 3.8) is 0 Å². The SMILES string of the molecule is Cl.Cl.O=C(NCC1(N2CCOCC2)CCSC1)C1CCCNC1. The van der Waals surface area contributed by atoms with Crippen molar-refractivity contribution in [3.8, 4) is 0 Å². The van der Waals surface area contributed by atoms with Gasteiger partial charge in [0.1, 0.15) is 0 Å². The molecule has 3 aliphatic rings. The Bertz CT molecular complexity index is 359. The zero-order valence-electron chi connectivity index (χ0n) is 13.6. The number of carbonyl (C=O) groups excluding carboxylic acids is 1. The van der Waals surface area contributed by atoms with Crippen LogP contribution in [0.4, 0.5) is 0 Å². The molecule has 0 aromatic rings. The van der Waals surface area contributed by atoms with Gasteiger partial charge in [0.15, 0.2) is 0 Å². The Hall–Kier alpha value is 0.280. The average Bonchev–Trinajstić information content (AvgIpc) is 3.04. The van der Waals surface area contributed by atoms with Crippen LogP contribution in [0.3, 0.4) is 0 Å². The van der Waals surface area contributed by atoms with Gasteiger partial charge in [0.2, 0.25) is 5.91 Å². The lowest BCUT2D eigenvalue weighted by Crippen LogP contribution is -2.59. The van der Waals surface area contributed by atoms with Crippen LogP contribution in [0.15, 0.2) is 0 Å². The second-order valence-electron chi connectivity index (χ2n) is 6.39. The van der Waals surface area contributed by atoms with Crippen molar-refractivity contribution in [1.82, 2.24) is 15.5 Å². The van der Waals surface area contributed by atoms with Gasteiger partial charge in [-0.25, -0.2) is 0 Å². The monoisotopic (exact) mass is 385 g/mol. The maximum absolute atomic E-state index is 12.4. The highest BCUT2D eigenvalue weighted by molar-refractivity contribution is 7.99. The van der Waals surface area contributed by atoms with E-state index in [-0.39, 0.29) is 42.2 Å². The largest absolute Gasteiger partial charge is 0.379 e. The van der Waals surface area contributed by atoms with E-state index >= 15 is 0 Å². The first-order valence-electron chi connectivity index (χ1n) is 8.19.